The second kappa shape index (κ2) is 7.13. The molecule has 0 N–H and O–H groups in total. The van der Waals surface area contributed by atoms with Gasteiger partial charge in [0.1, 0.15) is 11.8 Å². The van der Waals surface area contributed by atoms with Gasteiger partial charge in [-0.2, -0.15) is 5.26 Å². The Balaban J connectivity index is 1.60. The zero-order chi connectivity index (χ0) is 21.5. The van der Waals surface area contributed by atoms with Crippen LogP contribution in [0.2, 0.25) is 0 Å². The smallest absolute Gasteiger partial charge is 0.276 e. The Morgan fingerprint density at radius 2 is 2.03 bits per heavy atom. The Kier molecular flexibility index (Phi) is 4.73. The van der Waals surface area contributed by atoms with Gasteiger partial charge >= 0.3 is 0 Å². The lowest BCUT2D eigenvalue weighted by atomic mass is 9.64. The Hall–Kier alpha value is -3.40. The van der Waals surface area contributed by atoms with Crippen LogP contribution in [0.25, 0.3) is 11.3 Å². The highest BCUT2D eigenvalue weighted by atomic mass is 16.5. The van der Waals surface area contributed by atoms with E-state index in [0.29, 0.717) is 37.4 Å². The Bertz CT molecular complexity index is 1070. The molecule has 1 aromatic heterocycles. The van der Waals surface area contributed by atoms with Gasteiger partial charge in [-0.25, -0.2) is 4.98 Å². The number of rotatable bonds is 3. The van der Waals surface area contributed by atoms with Crippen LogP contribution in [0.15, 0.2) is 46.7 Å². The number of carbonyl (C=O) groups excluding carboxylic acids is 2. The van der Waals surface area contributed by atoms with Gasteiger partial charge in [0, 0.05) is 29.5 Å². The number of Topliss-reactive ketones (excluding diaryl/α,β-unsaturated/α-hetero) is 1. The fraction of sp³-hybridized carbons (Fsp3) is 0.391. The number of methoxy groups -OCH3 is 1. The third-order valence-electron chi connectivity index (χ3n) is 6.02. The molecule has 0 bridgehead atoms. The molecule has 154 valence electrons. The maximum absolute atomic E-state index is 13.3. The molecule has 1 amide bonds. The Morgan fingerprint density at radius 3 is 2.70 bits per heavy atom. The first-order chi connectivity index (χ1) is 14.3. The summed E-state index contributed by atoms with van der Waals surface area (Å²) >= 11 is 0. The lowest BCUT2D eigenvalue weighted by molar-refractivity contribution is -0.125. The predicted octanol–water partition coefficient (Wildman–Crippen LogP) is 3.63. The first-order valence-electron chi connectivity index (χ1n) is 9.83. The fourth-order valence-corrected chi connectivity index (χ4v) is 4.66. The number of carbonyl (C=O) groups is 2. The van der Waals surface area contributed by atoms with E-state index in [0.717, 1.165) is 5.56 Å². The van der Waals surface area contributed by atoms with Crippen LogP contribution < -0.4 is 4.74 Å². The van der Waals surface area contributed by atoms with Crippen molar-refractivity contribution in [3.05, 3.63) is 48.0 Å². The number of likely N-dealkylation sites (tertiary alicyclic amines) is 1. The topological polar surface area (TPSA) is 96.4 Å². The van der Waals surface area contributed by atoms with E-state index in [4.69, 9.17) is 9.15 Å². The first kappa shape index (κ1) is 19.9. The molecule has 0 radical (unpaired) electrons. The SMILES string of the molecule is COc1ccc(-c2ocnc2C(=O)N2CC[C@@]3(C=C(C#N)C(=O)C(C)(C)C3)C2)cc1. The molecule has 2 aromatic rings. The molecule has 1 aromatic carbocycles. The van der Waals surface area contributed by atoms with Crippen molar-refractivity contribution in [3.63, 3.8) is 0 Å². The van der Waals surface area contributed by atoms with E-state index in [1.165, 1.54) is 6.39 Å². The molecule has 1 saturated heterocycles. The molecule has 1 fully saturated rings. The molecule has 0 unspecified atom stereocenters. The van der Waals surface area contributed by atoms with Crippen molar-refractivity contribution in [2.45, 2.75) is 26.7 Å². The summed E-state index contributed by atoms with van der Waals surface area (Å²) in [5.74, 6) is 0.782. The minimum atomic E-state index is -0.624. The quantitative estimate of drug-likeness (QED) is 0.774. The number of aromatic nitrogens is 1. The largest absolute Gasteiger partial charge is 0.497 e. The summed E-state index contributed by atoms with van der Waals surface area (Å²) in [6.45, 7) is 4.71. The van der Waals surface area contributed by atoms with Crippen molar-refractivity contribution in [2.24, 2.45) is 10.8 Å². The van der Waals surface area contributed by atoms with Gasteiger partial charge in [0.15, 0.2) is 23.6 Å². The molecule has 7 nitrogen and oxygen atoms in total. The summed E-state index contributed by atoms with van der Waals surface area (Å²) < 4.78 is 10.7. The molecule has 30 heavy (non-hydrogen) atoms. The van der Waals surface area contributed by atoms with Crippen LogP contribution in [0, 0.1) is 22.2 Å². The van der Waals surface area contributed by atoms with E-state index in [2.05, 4.69) is 4.98 Å². The van der Waals surface area contributed by atoms with Gasteiger partial charge in [-0.15, -0.1) is 0 Å². The third-order valence-corrected chi connectivity index (χ3v) is 6.02. The van der Waals surface area contributed by atoms with Gasteiger partial charge in [0.05, 0.1) is 12.7 Å². The van der Waals surface area contributed by atoms with E-state index in [-0.39, 0.29) is 28.4 Å². The van der Waals surface area contributed by atoms with Crippen molar-refractivity contribution in [3.8, 4) is 23.1 Å². The lowest BCUT2D eigenvalue weighted by Gasteiger charge is -2.38. The second-order valence-corrected chi connectivity index (χ2v) is 8.66. The van der Waals surface area contributed by atoms with E-state index in [1.54, 1.807) is 30.2 Å². The summed E-state index contributed by atoms with van der Waals surface area (Å²) in [6.07, 6.45) is 4.37. The third kappa shape index (κ3) is 3.28. The first-order valence-corrected chi connectivity index (χ1v) is 9.83. The van der Waals surface area contributed by atoms with Crippen LogP contribution in [-0.4, -0.2) is 41.8 Å². The number of hydrogen-bond acceptors (Lipinski definition) is 6. The summed E-state index contributed by atoms with van der Waals surface area (Å²) in [5, 5.41) is 9.41. The standard InChI is InChI=1S/C23H23N3O4/c1-22(2)12-23(10-16(11-24)20(22)27)8-9-26(13-23)21(28)18-19(30-14-25-18)15-4-6-17(29-3)7-5-15/h4-7,10,14H,8-9,12-13H2,1-3H3/t23-/m0/s1. The summed E-state index contributed by atoms with van der Waals surface area (Å²) in [5.41, 5.74) is 0.193. The van der Waals surface area contributed by atoms with Crippen molar-refractivity contribution < 1.29 is 18.7 Å². The van der Waals surface area contributed by atoms with Crippen LogP contribution >= 0.6 is 0 Å². The molecule has 1 spiro atoms. The van der Waals surface area contributed by atoms with Crippen LogP contribution in [0.5, 0.6) is 5.75 Å². The molecule has 0 saturated carbocycles. The van der Waals surface area contributed by atoms with E-state index < -0.39 is 5.41 Å². The van der Waals surface area contributed by atoms with Crippen molar-refractivity contribution in [1.82, 2.24) is 9.88 Å². The number of amides is 1. The summed E-state index contributed by atoms with van der Waals surface area (Å²) in [6, 6.07) is 9.27. The molecule has 4 rings (SSSR count). The highest BCUT2D eigenvalue weighted by molar-refractivity contribution is 6.04. The van der Waals surface area contributed by atoms with Gasteiger partial charge in [0.25, 0.3) is 5.91 Å². The zero-order valence-electron chi connectivity index (χ0n) is 17.3. The number of ketones is 1. The number of oxazole rings is 1. The van der Waals surface area contributed by atoms with Crippen molar-refractivity contribution in [2.75, 3.05) is 20.2 Å². The maximum Gasteiger partial charge on any atom is 0.276 e. The molecule has 1 atom stereocenters. The molecule has 1 aliphatic heterocycles. The van der Waals surface area contributed by atoms with Crippen LogP contribution in [-0.2, 0) is 4.79 Å². The molecular formula is C23H23N3O4. The van der Waals surface area contributed by atoms with Gasteiger partial charge in [-0.3, -0.25) is 9.59 Å². The molecule has 2 heterocycles. The molecular weight excluding hydrogens is 382 g/mol. The Morgan fingerprint density at radius 1 is 1.30 bits per heavy atom. The van der Waals surface area contributed by atoms with Gasteiger partial charge in [-0.05, 0) is 37.1 Å². The number of nitrogens with zero attached hydrogens (tertiary/aromatic N) is 3. The number of hydrogen-bond donors (Lipinski definition) is 0. The van der Waals surface area contributed by atoms with E-state index in [9.17, 15) is 14.9 Å². The van der Waals surface area contributed by atoms with E-state index in [1.807, 2.05) is 32.0 Å². The van der Waals surface area contributed by atoms with Crippen molar-refractivity contribution in [1.29, 1.82) is 5.26 Å². The predicted molar refractivity (Wildman–Crippen MR) is 109 cm³/mol. The summed E-state index contributed by atoms with van der Waals surface area (Å²) in [4.78, 5) is 31.6. The van der Waals surface area contributed by atoms with Gasteiger partial charge in [0.2, 0.25) is 0 Å². The fourth-order valence-electron chi connectivity index (χ4n) is 4.66. The van der Waals surface area contributed by atoms with Gasteiger partial charge in [-0.1, -0.05) is 19.9 Å². The van der Waals surface area contributed by atoms with Crippen LogP contribution in [0.3, 0.4) is 0 Å². The second-order valence-electron chi connectivity index (χ2n) is 8.66. The zero-order valence-corrected chi connectivity index (χ0v) is 17.3. The number of nitriles is 1. The summed E-state index contributed by atoms with van der Waals surface area (Å²) in [7, 11) is 1.59. The Labute approximate surface area is 174 Å². The molecule has 2 aliphatic rings. The highest BCUT2D eigenvalue weighted by Gasteiger charge is 2.49. The average Bonchev–Trinajstić information content (AvgIpc) is 3.38. The van der Waals surface area contributed by atoms with Crippen molar-refractivity contribution >= 4 is 11.7 Å². The molecule has 1 aliphatic carbocycles. The van der Waals surface area contributed by atoms with E-state index >= 15 is 0 Å². The number of ether oxygens (including phenoxy) is 1. The minimum absolute atomic E-state index is 0.126. The normalized spacial score (nSPS) is 22.7. The monoisotopic (exact) mass is 405 g/mol. The lowest BCUT2D eigenvalue weighted by Crippen LogP contribution is -2.40. The highest BCUT2D eigenvalue weighted by Crippen LogP contribution is 2.48. The van der Waals surface area contributed by atoms with Crippen LogP contribution in [0.4, 0.5) is 0 Å². The van der Waals surface area contributed by atoms with Crippen LogP contribution in [0.1, 0.15) is 37.2 Å². The molecule has 7 heteroatoms. The number of benzene rings is 1. The maximum atomic E-state index is 13.3. The average molecular weight is 405 g/mol. The van der Waals surface area contributed by atoms with Gasteiger partial charge < -0.3 is 14.1 Å². The number of allylic oxidation sites excluding steroid dienone is 1. The minimum Gasteiger partial charge on any atom is -0.497 e.